The highest BCUT2D eigenvalue weighted by atomic mass is 32.1. The lowest BCUT2D eigenvalue weighted by atomic mass is 10.1. The summed E-state index contributed by atoms with van der Waals surface area (Å²) in [6.07, 6.45) is 1.83. The molecule has 18 heavy (non-hydrogen) atoms. The zero-order valence-electron chi connectivity index (χ0n) is 10.7. The van der Waals surface area contributed by atoms with Gasteiger partial charge >= 0.3 is 0 Å². The van der Waals surface area contributed by atoms with E-state index in [1.165, 1.54) is 0 Å². The van der Waals surface area contributed by atoms with Crippen molar-refractivity contribution < 1.29 is 0 Å². The maximum Gasteiger partial charge on any atom is 0.255 e. The first-order valence-corrected chi connectivity index (χ1v) is 6.96. The van der Waals surface area contributed by atoms with Gasteiger partial charge in [-0.05, 0) is 23.4 Å². The Kier molecular flexibility index (Phi) is 3.99. The minimum Gasteiger partial charge on any atom is -0.319 e. The van der Waals surface area contributed by atoms with Gasteiger partial charge in [-0.25, -0.2) is 0 Å². The number of nitrogens with two attached hydrogens (primary N) is 1. The number of thiophene rings is 1. The van der Waals surface area contributed by atoms with Crippen molar-refractivity contribution in [3.8, 4) is 0 Å². The molecular formula is C14H18N2OS. The molecule has 2 aromatic heterocycles. The monoisotopic (exact) mass is 262 g/mol. The molecule has 4 heteroatoms. The molecule has 3 nitrogen and oxygen atoms in total. The largest absolute Gasteiger partial charge is 0.319 e. The maximum atomic E-state index is 12.3. The molecule has 1 atom stereocenters. The molecule has 2 rings (SSSR count). The topological polar surface area (TPSA) is 48.0 Å². The second-order valence-corrected chi connectivity index (χ2v) is 5.79. The van der Waals surface area contributed by atoms with Crippen LogP contribution in [0.4, 0.5) is 0 Å². The van der Waals surface area contributed by atoms with Crippen molar-refractivity contribution >= 4 is 11.3 Å². The molecule has 0 aliphatic carbocycles. The van der Waals surface area contributed by atoms with Gasteiger partial charge < -0.3 is 10.3 Å². The fourth-order valence-electron chi connectivity index (χ4n) is 1.95. The van der Waals surface area contributed by atoms with Gasteiger partial charge in [0.25, 0.3) is 5.56 Å². The van der Waals surface area contributed by atoms with E-state index in [0.29, 0.717) is 11.5 Å². The van der Waals surface area contributed by atoms with Gasteiger partial charge in [-0.2, -0.15) is 0 Å². The molecular weight excluding hydrogens is 244 g/mol. The highest BCUT2D eigenvalue weighted by molar-refractivity contribution is 7.10. The fraction of sp³-hybridized carbons (Fsp3) is 0.357. The normalized spacial score (nSPS) is 12.9. The van der Waals surface area contributed by atoms with E-state index in [0.717, 1.165) is 11.4 Å². The number of aromatic nitrogens is 1. The molecule has 1 unspecified atom stereocenters. The van der Waals surface area contributed by atoms with E-state index < -0.39 is 0 Å². The fourth-order valence-corrected chi connectivity index (χ4v) is 2.70. The molecule has 0 aromatic carbocycles. The van der Waals surface area contributed by atoms with Gasteiger partial charge in [0.05, 0.1) is 6.04 Å². The summed E-state index contributed by atoms with van der Waals surface area (Å²) in [5.74, 6) is 0.441. The smallest absolute Gasteiger partial charge is 0.255 e. The van der Waals surface area contributed by atoms with E-state index in [-0.39, 0.29) is 11.6 Å². The Labute approximate surface area is 111 Å². The summed E-state index contributed by atoms with van der Waals surface area (Å²) >= 11 is 1.58. The van der Waals surface area contributed by atoms with Crippen molar-refractivity contribution in [3.05, 3.63) is 56.6 Å². The predicted octanol–water partition coefficient (Wildman–Crippen LogP) is 2.61. The minimum atomic E-state index is -0.322. The summed E-state index contributed by atoms with van der Waals surface area (Å²) in [5, 5.41) is 1.98. The van der Waals surface area contributed by atoms with E-state index in [9.17, 15) is 4.79 Å². The summed E-state index contributed by atoms with van der Waals surface area (Å²) in [7, 11) is 0. The Hall–Kier alpha value is -1.39. The van der Waals surface area contributed by atoms with Crippen LogP contribution in [0.25, 0.3) is 0 Å². The van der Waals surface area contributed by atoms with Gasteiger partial charge in [0.2, 0.25) is 0 Å². The van der Waals surface area contributed by atoms with Crippen LogP contribution < -0.4 is 11.3 Å². The quantitative estimate of drug-likeness (QED) is 0.920. The molecule has 2 aromatic rings. The van der Waals surface area contributed by atoms with E-state index in [1.807, 2.05) is 35.8 Å². The summed E-state index contributed by atoms with van der Waals surface area (Å²) in [5.41, 5.74) is 6.85. The first-order valence-electron chi connectivity index (χ1n) is 6.08. The zero-order valence-corrected chi connectivity index (χ0v) is 11.5. The molecule has 0 aliphatic rings. The average Bonchev–Trinajstić information content (AvgIpc) is 2.84. The van der Waals surface area contributed by atoms with Gasteiger partial charge in [-0.3, -0.25) is 4.79 Å². The second-order valence-electron chi connectivity index (χ2n) is 4.81. The number of hydrogen-bond donors (Lipinski definition) is 1. The molecule has 2 N–H and O–H groups in total. The lowest BCUT2D eigenvalue weighted by Gasteiger charge is -2.13. The van der Waals surface area contributed by atoms with Crippen LogP contribution in [0.2, 0.25) is 0 Å². The van der Waals surface area contributed by atoms with Crippen LogP contribution in [0.3, 0.4) is 0 Å². The Morgan fingerprint density at radius 3 is 2.72 bits per heavy atom. The van der Waals surface area contributed by atoms with Crippen LogP contribution in [0.15, 0.2) is 40.6 Å². The van der Waals surface area contributed by atoms with Crippen LogP contribution in [-0.4, -0.2) is 4.57 Å². The zero-order chi connectivity index (χ0) is 13.1. The van der Waals surface area contributed by atoms with E-state index >= 15 is 0 Å². The van der Waals surface area contributed by atoms with Gasteiger partial charge in [-0.15, -0.1) is 11.3 Å². The molecule has 0 bridgehead atoms. The minimum absolute atomic E-state index is 0.0205. The summed E-state index contributed by atoms with van der Waals surface area (Å²) in [4.78, 5) is 13.4. The first-order chi connectivity index (χ1) is 8.59. The van der Waals surface area contributed by atoms with Crippen molar-refractivity contribution in [2.75, 3.05) is 0 Å². The van der Waals surface area contributed by atoms with Crippen molar-refractivity contribution in [2.45, 2.75) is 26.4 Å². The number of hydrogen-bond acceptors (Lipinski definition) is 3. The van der Waals surface area contributed by atoms with E-state index in [1.54, 1.807) is 15.9 Å². The third kappa shape index (κ3) is 2.71. The molecule has 2 heterocycles. The maximum absolute atomic E-state index is 12.3. The third-order valence-electron chi connectivity index (χ3n) is 2.80. The van der Waals surface area contributed by atoms with Crippen LogP contribution in [0, 0.1) is 5.92 Å². The first kappa shape index (κ1) is 13.1. The number of pyridine rings is 1. The highest BCUT2D eigenvalue weighted by Crippen LogP contribution is 2.21. The lowest BCUT2D eigenvalue weighted by molar-refractivity contribution is 0.507. The van der Waals surface area contributed by atoms with E-state index in [2.05, 4.69) is 13.8 Å². The lowest BCUT2D eigenvalue weighted by Crippen LogP contribution is -2.29. The molecule has 0 fully saturated rings. The van der Waals surface area contributed by atoms with Crippen LogP contribution >= 0.6 is 11.3 Å². The van der Waals surface area contributed by atoms with Crippen molar-refractivity contribution in [2.24, 2.45) is 11.7 Å². The Morgan fingerprint density at radius 2 is 2.11 bits per heavy atom. The Morgan fingerprint density at radius 1 is 1.33 bits per heavy atom. The third-order valence-corrected chi connectivity index (χ3v) is 3.75. The summed E-state index contributed by atoms with van der Waals surface area (Å²) < 4.78 is 1.74. The average molecular weight is 262 g/mol. The second kappa shape index (κ2) is 5.50. The highest BCUT2D eigenvalue weighted by Gasteiger charge is 2.14. The molecule has 0 radical (unpaired) electrons. The van der Waals surface area contributed by atoms with Crippen molar-refractivity contribution in [1.82, 2.24) is 4.57 Å². The summed E-state index contributed by atoms with van der Waals surface area (Å²) in [6, 6.07) is 7.32. The number of nitrogens with zero attached hydrogens (tertiary/aromatic N) is 1. The molecule has 0 saturated carbocycles. The predicted molar refractivity (Wildman–Crippen MR) is 75.9 cm³/mol. The Balaban J connectivity index is 2.37. The van der Waals surface area contributed by atoms with Crippen LogP contribution in [0.5, 0.6) is 0 Å². The van der Waals surface area contributed by atoms with Crippen molar-refractivity contribution in [1.29, 1.82) is 0 Å². The van der Waals surface area contributed by atoms with Gasteiger partial charge in [0.15, 0.2) is 0 Å². The SMILES string of the molecule is CC(C)Cn1cccc(C(N)c2cccs2)c1=O. The molecule has 0 amide bonds. The molecule has 0 spiro atoms. The van der Waals surface area contributed by atoms with Crippen LogP contribution in [-0.2, 0) is 6.54 Å². The summed E-state index contributed by atoms with van der Waals surface area (Å²) in [6.45, 7) is 4.92. The standard InChI is InChI=1S/C14H18N2OS/c1-10(2)9-16-7-3-5-11(14(16)17)13(15)12-6-4-8-18-12/h3-8,10,13H,9,15H2,1-2H3. The van der Waals surface area contributed by atoms with Gasteiger partial charge in [0.1, 0.15) is 0 Å². The number of rotatable bonds is 4. The van der Waals surface area contributed by atoms with Crippen LogP contribution in [0.1, 0.15) is 30.3 Å². The van der Waals surface area contributed by atoms with Gasteiger partial charge in [0, 0.05) is 23.2 Å². The molecule has 0 aliphatic heterocycles. The molecule has 96 valence electrons. The Bertz CT molecular complexity index is 557. The van der Waals surface area contributed by atoms with Gasteiger partial charge in [-0.1, -0.05) is 26.0 Å². The molecule has 0 saturated heterocycles. The van der Waals surface area contributed by atoms with Crippen molar-refractivity contribution in [3.63, 3.8) is 0 Å². The van der Waals surface area contributed by atoms with E-state index in [4.69, 9.17) is 5.73 Å².